The van der Waals surface area contributed by atoms with Crippen molar-refractivity contribution in [3.05, 3.63) is 81.9 Å². The molecule has 1 aliphatic heterocycles. The highest BCUT2D eigenvalue weighted by molar-refractivity contribution is 6.33. The summed E-state index contributed by atoms with van der Waals surface area (Å²) in [5.74, 6) is 0.554. The van der Waals surface area contributed by atoms with Crippen LogP contribution < -0.4 is 9.47 Å². The zero-order chi connectivity index (χ0) is 21.5. The van der Waals surface area contributed by atoms with Crippen LogP contribution in [-0.4, -0.2) is 17.7 Å². The van der Waals surface area contributed by atoms with Crippen molar-refractivity contribution in [2.75, 3.05) is 6.61 Å². The van der Waals surface area contributed by atoms with Gasteiger partial charge in [-0.3, -0.25) is 4.79 Å². The first-order valence-corrected chi connectivity index (χ1v) is 10.9. The van der Waals surface area contributed by atoms with Crippen molar-refractivity contribution in [2.24, 2.45) is 0 Å². The standard InChI is InChI=1S/C26H23ClO4/c1-15-4-2-7-22(27)26(15)21-6-3-5-20-19(21)10-11-23(20)31-17-8-9-18-16(12-25(28)29)14-30-24(18)13-17/h2-9,13,16,23H,10-12,14H2,1H3,(H,28,29)/t16?,23-/m1/s1. The lowest BCUT2D eigenvalue weighted by Gasteiger charge is -2.17. The Labute approximate surface area is 186 Å². The number of carboxylic acid groups (broad SMARTS) is 1. The van der Waals surface area contributed by atoms with Gasteiger partial charge in [-0.05, 0) is 54.2 Å². The number of benzene rings is 3. The van der Waals surface area contributed by atoms with E-state index in [1.807, 2.05) is 30.3 Å². The molecular weight excluding hydrogens is 412 g/mol. The Balaban J connectivity index is 1.42. The number of aryl methyl sites for hydroxylation is 1. The van der Waals surface area contributed by atoms with Crippen molar-refractivity contribution >= 4 is 17.6 Å². The number of aliphatic carboxylic acids is 1. The smallest absolute Gasteiger partial charge is 0.304 e. The van der Waals surface area contributed by atoms with E-state index in [0.29, 0.717) is 6.61 Å². The summed E-state index contributed by atoms with van der Waals surface area (Å²) in [7, 11) is 0. The minimum absolute atomic E-state index is 0.0352. The van der Waals surface area contributed by atoms with E-state index >= 15 is 0 Å². The molecule has 0 bridgehead atoms. The highest BCUT2D eigenvalue weighted by Gasteiger charge is 2.30. The maximum Gasteiger partial charge on any atom is 0.304 e. The molecule has 158 valence electrons. The van der Waals surface area contributed by atoms with Gasteiger partial charge in [0.2, 0.25) is 0 Å². The minimum Gasteiger partial charge on any atom is -0.492 e. The lowest BCUT2D eigenvalue weighted by Crippen LogP contribution is -2.07. The first-order valence-electron chi connectivity index (χ1n) is 10.5. The average molecular weight is 435 g/mol. The van der Waals surface area contributed by atoms with E-state index in [1.54, 1.807) is 0 Å². The third kappa shape index (κ3) is 3.66. The number of rotatable bonds is 5. The second-order valence-electron chi connectivity index (χ2n) is 8.26. The average Bonchev–Trinajstić information content (AvgIpc) is 3.32. The van der Waals surface area contributed by atoms with Gasteiger partial charge >= 0.3 is 5.97 Å². The van der Waals surface area contributed by atoms with Gasteiger partial charge in [0.05, 0.1) is 13.0 Å². The summed E-state index contributed by atoms with van der Waals surface area (Å²) in [6.07, 6.45) is 1.87. The van der Waals surface area contributed by atoms with Gasteiger partial charge in [0.25, 0.3) is 0 Å². The quantitative estimate of drug-likeness (QED) is 0.509. The van der Waals surface area contributed by atoms with Gasteiger partial charge in [-0.15, -0.1) is 0 Å². The van der Waals surface area contributed by atoms with Crippen LogP contribution >= 0.6 is 11.6 Å². The second kappa shape index (κ2) is 7.93. The van der Waals surface area contributed by atoms with Crippen molar-refractivity contribution in [1.29, 1.82) is 0 Å². The van der Waals surface area contributed by atoms with E-state index in [0.717, 1.165) is 46.1 Å². The Hall–Kier alpha value is -2.98. The molecule has 1 unspecified atom stereocenters. The molecule has 1 aliphatic carbocycles. The predicted molar refractivity (Wildman–Crippen MR) is 120 cm³/mol. The van der Waals surface area contributed by atoms with Crippen LogP contribution in [-0.2, 0) is 11.2 Å². The van der Waals surface area contributed by atoms with E-state index in [-0.39, 0.29) is 18.4 Å². The summed E-state index contributed by atoms with van der Waals surface area (Å²) in [6, 6.07) is 18.1. The summed E-state index contributed by atoms with van der Waals surface area (Å²) < 4.78 is 12.1. The maximum absolute atomic E-state index is 11.1. The molecule has 0 radical (unpaired) electrons. The lowest BCUT2D eigenvalue weighted by atomic mass is 9.94. The van der Waals surface area contributed by atoms with E-state index in [4.69, 9.17) is 26.2 Å². The van der Waals surface area contributed by atoms with Gasteiger partial charge in [-0.1, -0.05) is 48.0 Å². The molecule has 3 aromatic carbocycles. The minimum atomic E-state index is -0.811. The normalized spacial score (nSPS) is 18.9. The summed E-state index contributed by atoms with van der Waals surface area (Å²) in [5.41, 5.74) is 6.87. The molecule has 5 rings (SSSR count). The monoisotopic (exact) mass is 434 g/mol. The third-order valence-corrected chi connectivity index (χ3v) is 6.59. The first-order chi connectivity index (χ1) is 15.0. The topological polar surface area (TPSA) is 55.8 Å². The zero-order valence-electron chi connectivity index (χ0n) is 17.2. The number of ether oxygens (including phenoxy) is 2. The molecule has 4 nitrogen and oxygen atoms in total. The Morgan fingerprint density at radius 1 is 1.16 bits per heavy atom. The van der Waals surface area contributed by atoms with E-state index in [1.165, 1.54) is 16.7 Å². The maximum atomic E-state index is 11.1. The number of halogens is 1. The highest BCUT2D eigenvalue weighted by Crippen LogP contribution is 2.44. The fraction of sp³-hybridized carbons (Fsp3) is 0.269. The van der Waals surface area contributed by atoms with Gasteiger partial charge in [-0.2, -0.15) is 0 Å². The van der Waals surface area contributed by atoms with Gasteiger partial charge in [0.1, 0.15) is 17.6 Å². The molecule has 0 aromatic heterocycles. The molecule has 1 N–H and O–H groups in total. The molecule has 0 amide bonds. The van der Waals surface area contributed by atoms with Gasteiger partial charge < -0.3 is 14.6 Å². The number of hydrogen-bond acceptors (Lipinski definition) is 3. The summed E-state index contributed by atoms with van der Waals surface area (Å²) >= 11 is 6.55. The van der Waals surface area contributed by atoms with E-state index in [9.17, 15) is 4.79 Å². The molecule has 0 spiro atoms. The molecule has 5 heteroatoms. The van der Waals surface area contributed by atoms with Crippen LogP contribution in [0.15, 0.2) is 54.6 Å². The van der Waals surface area contributed by atoms with Gasteiger partial charge in [0, 0.05) is 28.1 Å². The van der Waals surface area contributed by atoms with E-state index < -0.39 is 5.97 Å². The molecule has 0 saturated carbocycles. The lowest BCUT2D eigenvalue weighted by molar-refractivity contribution is -0.137. The molecular formula is C26H23ClO4. The van der Waals surface area contributed by atoms with E-state index in [2.05, 4.69) is 31.2 Å². The van der Waals surface area contributed by atoms with Crippen LogP contribution in [0.25, 0.3) is 11.1 Å². The van der Waals surface area contributed by atoms with Crippen LogP contribution in [0.2, 0.25) is 5.02 Å². The number of fused-ring (bicyclic) bond motifs is 2. The van der Waals surface area contributed by atoms with Crippen molar-refractivity contribution in [1.82, 2.24) is 0 Å². The van der Waals surface area contributed by atoms with Crippen LogP contribution in [0.4, 0.5) is 0 Å². The predicted octanol–water partition coefficient (Wildman–Crippen LogP) is 6.33. The zero-order valence-corrected chi connectivity index (χ0v) is 18.0. The van der Waals surface area contributed by atoms with Crippen molar-refractivity contribution < 1.29 is 19.4 Å². The summed E-state index contributed by atoms with van der Waals surface area (Å²) in [5, 5.41) is 9.86. The Kier molecular flexibility index (Phi) is 5.11. The molecule has 0 saturated heterocycles. The Bertz CT molecular complexity index is 1150. The van der Waals surface area contributed by atoms with Gasteiger partial charge in [-0.25, -0.2) is 0 Å². The number of carboxylic acids is 1. The van der Waals surface area contributed by atoms with Crippen LogP contribution in [0.5, 0.6) is 11.5 Å². The number of carbonyl (C=O) groups is 1. The van der Waals surface area contributed by atoms with Crippen LogP contribution in [0, 0.1) is 6.92 Å². The first kappa shape index (κ1) is 20.0. The van der Waals surface area contributed by atoms with Crippen LogP contribution in [0.1, 0.15) is 47.1 Å². The molecule has 31 heavy (non-hydrogen) atoms. The molecule has 2 aliphatic rings. The molecule has 0 fully saturated rings. The summed E-state index contributed by atoms with van der Waals surface area (Å²) in [6.45, 7) is 2.49. The summed E-state index contributed by atoms with van der Waals surface area (Å²) in [4.78, 5) is 11.1. The van der Waals surface area contributed by atoms with Crippen molar-refractivity contribution in [3.8, 4) is 22.6 Å². The molecule has 2 atom stereocenters. The van der Waals surface area contributed by atoms with Crippen molar-refractivity contribution in [3.63, 3.8) is 0 Å². The largest absolute Gasteiger partial charge is 0.492 e. The number of hydrogen-bond donors (Lipinski definition) is 1. The highest BCUT2D eigenvalue weighted by atomic mass is 35.5. The SMILES string of the molecule is Cc1cccc(Cl)c1-c1cccc2c1CC[C@H]2Oc1ccc2c(c1)OCC2CC(=O)O. The van der Waals surface area contributed by atoms with Crippen LogP contribution in [0.3, 0.4) is 0 Å². The fourth-order valence-electron chi connectivity index (χ4n) is 4.82. The van der Waals surface area contributed by atoms with Gasteiger partial charge in [0.15, 0.2) is 0 Å². The molecule has 3 aromatic rings. The third-order valence-electron chi connectivity index (χ3n) is 6.27. The Morgan fingerprint density at radius 2 is 2.00 bits per heavy atom. The molecule has 1 heterocycles. The fourth-order valence-corrected chi connectivity index (χ4v) is 5.14. The van der Waals surface area contributed by atoms with Crippen molar-refractivity contribution in [2.45, 2.75) is 38.2 Å². The second-order valence-corrected chi connectivity index (χ2v) is 8.66. The Morgan fingerprint density at radius 3 is 2.81 bits per heavy atom.